The maximum absolute atomic E-state index is 12.7. The molecule has 0 radical (unpaired) electrons. The molecule has 0 spiro atoms. The van der Waals surface area contributed by atoms with Crippen molar-refractivity contribution < 1.29 is 4.79 Å². The van der Waals surface area contributed by atoms with E-state index >= 15 is 0 Å². The van der Waals surface area contributed by atoms with Gasteiger partial charge in [-0.25, -0.2) is 0 Å². The first-order chi connectivity index (χ1) is 9.70. The molecule has 2 heterocycles. The molecule has 21 heavy (non-hydrogen) atoms. The van der Waals surface area contributed by atoms with E-state index in [1.807, 2.05) is 15.7 Å². The van der Waals surface area contributed by atoms with Crippen LogP contribution in [-0.2, 0) is 0 Å². The largest absolute Gasteiger partial charge is 0.397 e. The molecule has 5 heteroatoms. The number of nitrogen functional groups attached to an aromatic ring is 1. The van der Waals surface area contributed by atoms with Gasteiger partial charge in [-0.3, -0.25) is 9.69 Å². The third kappa shape index (κ3) is 3.40. The van der Waals surface area contributed by atoms with E-state index < -0.39 is 0 Å². The van der Waals surface area contributed by atoms with Crippen molar-refractivity contribution in [1.82, 2.24) is 14.4 Å². The Morgan fingerprint density at radius 2 is 1.76 bits per heavy atom. The Kier molecular flexibility index (Phi) is 4.33. The quantitative estimate of drug-likeness (QED) is 0.909. The molecular formula is C16H28N4O. The number of hydrogen-bond acceptors (Lipinski definition) is 3. The molecule has 0 saturated carbocycles. The smallest absolute Gasteiger partial charge is 0.270 e. The van der Waals surface area contributed by atoms with Gasteiger partial charge in [0.15, 0.2) is 0 Å². The van der Waals surface area contributed by atoms with E-state index in [1.165, 1.54) is 0 Å². The Bertz CT molecular complexity index is 505. The van der Waals surface area contributed by atoms with Gasteiger partial charge in [0.05, 0.1) is 5.69 Å². The molecule has 1 amide bonds. The number of aromatic nitrogens is 1. The number of hydrogen-bond donors (Lipinski definition) is 1. The first-order valence-corrected chi connectivity index (χ1v) is 7.72. The van der Waals surface area contributed by atoms with E-state index in [0.29, 0.717) is 11.4 Å². The molecule has 1 aliphatic rings. The molecule has 0 bridgehead atoms. The molecule has 0 aromatic carbocycles. The van der Waals surface area contributed by atoms with Gasteiger partial charge in [0, 0.05) is 44.0 Å². The van der Waals surface area contributed by atoms with Gasteiger partial charge in [-0.1, -0.05) is 0 Å². The van der Waals surface area contributed by atoms with E-state index in [2.05, 4.69) is 39.5 Å². The SMILES string of the molecule is CC(C)n1cc(N)cc1C(=O)N1CCN(C(C)(C)C)CC1. The van der Waals surface area contributed by atoms with Gasteiger partial charge in [-0.05, 0) is 40.7 Å². The highest BCUT2D eigenvalue weighted by atomic mass is 16.2. The summed E-state index contributed by atoms with van der Waals surface area (Å²) in [6, 6.07) is 2.02. The maximum Gasteiger partial charge on any atom is 0.270 e. The molecule has 1 aliphatic heterocycles. The van der Waals surface area contributed by atoms with Crippen molar-refractivity contribution in [1.29, 1.82) is 0 Å². The Balaban J connectivity index is 2.09. The van der Waals surface area contributed by atoms with Crippen LogP contribution in [0.25, 0.3) is 0 Å². The predicted octanol–water partition coefficient (Wildman–Crippen LogP) is 2.21. The number of amides is 1. The van der Waals surface area contributed by atoms with Crippen molar-refractivity contribution in [2.45, 2.75) is 46.2 Å². The molecule has 0 aliphatic carbocycles. The summed E-state index contributed by atoms with van der Waals surface area (Å²) in [5.74, 6) is 0.0916. The number of nitrogens with two attached hydrogens (primary N) is 1. The lowest BCUT2D eigenvalue weighted by molar-refractivity contribution is 0.0442. The summed E-state index contributed by atoms with van der Waals surface area (Å²) in [6.07, 6.45) is 1.85. The second kappa shape index (κ2) is 5.72. The second-order valence-corrected chi connectivity index (χ2v) is 7.11. The summed E-state index contributed by atoms with van der Waals surface area (Å²) < 4.78 is 1.97. The minimum atomic E-state index is 0.0916. The molecule has 2 N–H and O–H groups in total. The van der Waals surface area contributed by atoms with Crippen LogP contribution in [-0.4, -0.2) is 52.0 Å². The van der Waals surface area contributed by atoms with Gasteiger partial charge in [0.1, 0.15) is 5.69 Å². The summed E-state index contributed by atoms with van der Waals surface area (Å²) in [5.41, 5.74) is 7.38. The fourth-order valence-electron chi connectivity index (χ4n) is 2.84. The lowest BCUT2D eigenvalue weighted by Gasteiger charge is -2.42. The summed E-state index contributed by atoms with van der Waals surface area (Å²) in [7, 11) is 0. The lowest BCUT2D eigenvalue weighted by atomic mass is 10.0. The van der Waals surface area contributed by atoms with Gasteiger partial charge < -0.3 is 15.2 Å². The highest BCUT2D eigenvalue weighted by Gasteiger charge is 2.29. The summed E-state index contributed by atoms with van der Waals surface area (Å²) >= 11 is 0. The van der Waals surface area contributed by atoms with E-state index in [1.54, 1.807) is 6.07 Å². The summed E-state index contributed by atoms with van der Waals surface area (Å²) in [4.78, 5) is 17.1. The van der Waals surface area contributed by atoms with Crippen LogP contribution in [0.1, 0.15) is 51.1 Å². The number of carbonyl (C=O) groups is 1. The molecule has 0 unspecified atom stereocenters. The highest BCUT2D eigenvalue weighted by molar-refractivity contribution is 5.94. The van der Waals surface area contributed by atoms with Crippen molar-refractivity contribution in [2.75, 3.05) is 31.9 Å². The third-order valence-electron chi connectivity index (χ3n) is 4.16. The normalized spacial score (nSPS) is 17.5. The van der Waals surface area contributed by atoms with Crippen molar-refractivity contribution in [3.63, 3.8) is 0 Å². The summed E-state index contributed by atoms with van der Waals surface area (Å²) in [6.45, 7) is 14.2. The summed E-state index contributed by atoms with van der Waals surface area (Å²) in [5, 5.41) is 0. The maximum atomic E-state index is 12.7. The number of carbonyl (C=O) groups excluding carboxylic acids is 1. The minimum Gasteiger partial charge on any atom is -0.397 e. The van der Waals surface area contributed by atoms with Crippen molar-refractivity contribution >= 4 is 11.6 Å². The van der Waals surface area contributed by atoms with Gasteiger partial charge in [0.25, 0.3) is 5.91 Å². The Hall–Kier alpha value is -1.49. The number of nitrogens with zero attached hydrogens (tertiary/aromatic N) is 3. The average molecular weight is 292 g/mol. The van der Waals surface area contributed by atoms with Gasteiger partial charge >= 0.3 is 0 Å². The van der Waals surface area contributed by atoms with Crippen molar-refractivity contribution in [3.05, 3.63) is 18.0 Å². The van der Waals surface area contributed by atoms with Crippen molar-refractivity contribution in [3.8, 4) is 0 Å². The van der Waals surface area contributed by atoms with Crippen molar-refractivity contribution in [2.24, 2.45) is 0 Å². The van der Waals surface area contributed by atoms with E-state index in [4.69, 9.17) is 5.73 Å². The van der Waals surface area contributed by atoms with E-state index in [0.717, 1.165) is 26.2 Å². The molecule has 2 rings (SSSR count). The standard InChI is InChI=1S/C16H28N4O/c1-12(2)20-11-13(17)10-14(20)15(21)18-6-8-19(9-7-18)16(3,4)5/h10-12H,6-9,17H2,1-5H3. The highest BCUT2D eigenvalue weighted by Crippen LogP contribution is 2.21. The molecule has 1 saturated heterocycles. The number of piperazine rings is 1. The predicted molar refractivity (Wildman–Crippen MR) is 86.5 cm³/mol. The molecule has 118 valence electrons. The molecule has 1 aromatic heterocycles. The van der Waals surface area contributed by atoms with Crippen LogP contribution in [0.5, 0.6) is 0 Å². The topological polar surface area (TPSA) is 54.5 Å². The zero-order chi connectivity index (χ0) is 15.8. The van der Waals surface area contributed by atoms with Crippen LogP contribution < -0.4 is 5.73 Å². The van der Waals surface area contributed by atoms with E-state index in [-0.39, 0.29) is 17.5 Å². The molecule has 1 fully saturated rings. The Morgan fingerprint density at radius 1 is 1.19 bits per heavy atom. The van der Waals surface area contributed by atoms with Gasteiger partial charge in [-0.15, -0.1) is 0 Å². The molecule has 1 aromatic rings. The van der Waals surface area contributed by atoms with Crippen LogP contribution in [0, 0.1) is 0 Å². The fraction of sp³-hybridized carbons (Fsp3) is 0.688. The molecular weight excluding hydrogens is 264 g/mol. The van der Waals surface area contributed by atoms with Crippen LogP contribution in [0.3, 0.4) is 0 Å². The zero-order valence-electron chi connectivity index (χ0n) is 13.9. The Morgan fingerprint density at radius 3 is 2.24 bits per heavy atom. The molecule has 5 nitrogen and oxygen atoms in total. The van der Waals surface area contributed by atoms with Crippen LogP contribution >= 0.6 is 0 Å². The third-order valence-corrected chi connectivity index (χ3v) is 4.16. The number of rotatable bonds is 2. The second-order valence-electron chi connectivity index (χ2n) is 7.11. The van der Waals surface area contributed by atoms with Crippen LogP contribution in [0.15, 0.2) is 12.3 Å². The fourth-order valence-corrected chi connectivity index (χ4v) is 2.84. The monoisotopic (exact) mass is 292 g/mol. The van der Waals surface area contributed by atoms with Crippen LogP contribution in [0.2, 0.25) is 0 Å². The molecule has 0 atom stereocenters. The first kappa shape index (κ1) is 15.9. The number of anilines is 1. The zero-order valence-corrected chi connectivity index (χ0v) is 13.9. The minimum absolute atomic E-state index is 0.0916. The van der Waals surface area contributed by atoms with Gasteiger partial charge in [-0.2, -0.15) is 0 Å². The van der Waals surface area contributed by atoms with E-state index in [9.17, 15) is 4.79 Å². The lowest BCUT2D eigenvalue weighted by Crippen LogP contribution is -2.54. The Labute approximate surface area is 127 Å². The average Bonchev–Trinajstić information content (AvgIpc) is 2.79. The van der Waals surface area contributed by atoms with Gasteiger partial charge in [0.2, 0.25) is 0 Å². The van der Waals surface area contributed by atoms with Crippen LogP contribution in [0.4, 0.5) is 5.69 Å². The first-order valence-electron chi connectivity index (χ1n) is 7.72.